The predicted molar refractivity (Wildman–Crippen MR) is 323 cm³/mol. The van der Waals surface area contributed by atoms with E-state index in [2.05, 4.69) is 31.9 Å². The Morgan fingerprint density at radius 1 is 0.815 bits per heavy atom. The summed E-state index contributed by atoms with van der Waals surface area (Å²) in [6.07, 6.45) is 2.28. The minimum atomic E-state index is -2.08. The highest BCUT2D eigenvalue weighted by Gasteiger charge is 2.47. The van der Waals surface area contributed by atoms with E-state index in [1.54, 1.807) is 91.8 Å². The zero-order valence-corrected chi connectivity index (χ0v) is 52.3. The molecule has 1 fully saturated rings. The van der Waals surface area contributed by atoms with Crippen molar-refractivity contribution in [2.45, 2.75) is 155 Å². The normalized spacial score (nSPS) is 18.1. The van der Waals surface area contributed by atoms with E-state index in [-0.39, 0.29) is 43.0 Å². The van der Waals surface area contributed by atoms with Crippen LogP contribution in [0.4, 0.5) is 9.18 Å². The number of rotatable bonds is 24. The van der Waals surface area contributed by atoms with Crippen molar-refractivity contribution in [3.05, 3.63) is 110 Å². The number of hydrogen-bond acceptors (Lipinski definition) is 18. The van der Waals surface area contributed by atoms with Crippen LogP contribution in [0, 0.1) is 18.7 Å². The number of hydrogen-bond donors (Lipinski definition) is 7. The van der Waals surface area contributed by atoms with Crippen LogP contribution in [0.3, 0.4) is 0 Å². The molecule has 4 aromatic rings. The molecule has 5 heterocycles. The zero-order valence-electron chi connectivity index (χ0n) is 52.3. The molecule has 5 aliphatic rings. The van der Waals surface area contributed by atoms with Crippen LogP contribution in [0.15, 0.2) is 59.4 Å². The van der Waals surface area contributed by atoms with Crippen LogP contribution in [0.25, 0.3) is 22.3 Å². The molecule has 0 bridgehead atoms. The first kappa shape index (κ1) is 67.0. The van der Waals surface area contributed by atoms with Gasteiger partial charge < -0.3 is 60.5 Å². The van der Waals surface area contributed by atoms with Crippen molar-refractivity contribution < 1.29 is 81.2 Å². The topological polar surface area (TPSA) is 358 Å². The highest BCUT2D eigenvalue weighted by Crippen LogP contribution is 2.46. The number of carbonyl (C=O) groups is 11. The van der Waals surface area contributed by atoms with Crippen molar-refractivity contribution in [2.75, 3.05) is 39.5 Å². The molecule has 0 radical (unpaired) electrons. The molecule has 9 rings (SSSR count). The van der Waals surface area contributed by atoms with Gasteiger partial charge in [0.25, 0.3) is 17.4 Å². The summed E-state index contributed by atoms with van der Waals surface area (Å²) in [6, 6.07) is 7.70. The maximum absolute atomic E-state index is 15.6. The number of aliphatic hydroxyl groups is 1. The summed E-state index contributed by atoms with van der Waals surface area (Å²) in [5.41, 5.74) is -0.415. The number of imide groups is 1. The van der Waals surface area contributed by atoms with E-state index in [9.17, 15) is 62.6 Å². The van der Waals surface area contributed by atoms with E-state index in [1.807, 2.05) is 0 Å². The Hall–Kier alpha value is -9.44. The Morgan fingerprint density at radius 2 is 1.47 bits per heavy atom. The molecule has 28 heteroatoms. The zero-order chi connectivity index (χ0) is 66.7. The second-order valence-corrected chi connectivity index (χ2v) is 25.4. The summed E-state index contributed by atoms with van der Waals surface area (Å²) in [5.74, 6) is -8.80. The van der Waals surface area contributed by atoms with Crippen molar-refractivity contribution in [3.8, 4) is 11.4 Å². The summed E-state index contributed by atoms with van der Waals surface area (Å²) < 4.78 is 39.2. The van der Waals surface area contributed by atoms with Gasteiger partial charge in [-0.25, -0.2) is 19.0 Å². The molecule has 7 N–H and O–H groups in total. The quantitative estimate of drug-likeness (QED) is 0.0201. The van der Waals surface area contributed by atoms with Crippen molar-refractivity contribution in [1.82, 2.24) is 51.3 Å². The third-order valence-corrected chi connectivity index (χ3v) is 16.3. The molecule has 9 amide bonds. The molecule has 2 aromatic heterocycles. The van der Waals surface area contributed by atoms with Crippen molar-refractivity contribution in [1.29, 1.82) is 0 Å². The number of cyclic esters (lactones) is 1. The molecular formula is C64H75FN10O17. The van der Waals surface area contributed by atoms with E-state index in [1.165, 1.54) is 10.6 Å². The monoisotopic (exact) mass is 1270 g/mol. The molecule has 3 aliphatic heterocycles. The van der Waals surface area contributed by atoms with Gasteiger partial charge in [-0.15, -0.1) is 0 Å². The first-order valence-corrected chi connectivity index (χ1v) is 30.3. The van der Waals surface area contributed by atoms with Crippen LogP contribution < -0.4 is 37.5 Å². The minimum absolute atomic E-state index is 0.0296. The number of nitrogens with zero attached hydrogens (tertiary/aromatic N) is 4. The Kier molecular flexibility index (Phi) is 19.8. The summed E-state index contributed by atoms with van der Waals surface area (Å²) >= 11 is 0. The van der Waals surface area contributed by atoms with Gasteiger partial charge in [-0.3, -0.25) is 57.7 Å². The number of aryl methyl sites for hydroxylation is 1. The van der Waals surface area contributed by atoms with Gasteiger partial charge in [0.15, 0.2) is 5.60 Å². The number of pyridine rings is 2. The van der Waals surface area contributed by atoms with Gasteiger partial charge in [-0.2, -0.15) is 0 Å². The average Bonchev–Trinajstić information content (AvgIpc) is 1.47. The molecule has 1 saturated carbocycles. The summed E-state index contributed by atoms with van der Waals surface area (Å²) in [4.78, 5) is 167. The molecule has 490 valence electrons. The van der Waals surface area contributed by atoms with Gasteiger partial charge in [-0.05, 0) is 108 Å². The van der Waals surface area contributed by atoms with Gasteiger partial charge in [0, 0.05) is 41.2 Å². The molecule has 5 atom stereocenters. The molecule has 2 aromatic carbocycles. The smallest absolute Gasteiger partial charge is 0.410 e. The predicted octanol–water partition coefficient (Wildman–Crippen LogP) is 1.84. The van der Waals surface area contributed by atoms with Gasteiger partial charge in [-0.1, -0.05) is 50.1 Å². The van der Waals surface area contributed by atoms with Crippen LogP contribution in [-0.4, -0.2) is 159 Å². The van der Waals surface area contributed by atoms with Crippen LogP contribution in [0.2, 0.25) is 0 Å². The number of aromatic nitrogens is 2. The molecule has 92 heavy (non-hydrogen) atoms. The van der Waals surface area contributed by atoms with Crippen LogP contribution in [0.1, 0.15) is 126 Å². The largest absolute Gasteiger partial charge is 0.459 e. The SMILES string of the molecule is CC[C@@]1(O)C(=O)OCc2c1cc1n(c2=O)Cc2c-1nc1cc(F)c(C)c3c1c2[C@H](NC(=O)[C@@H](CC1CC1)OCNC(=O)CNC(=O)[C@H](Cc1ccccc1)NC(=O)CNC(=O)CNC(=O)[C@H](CN(CC(=O)OC(C)(C)C)C(=O)OC(C)(C)C)N1C(=O)C=CC1=O)CC3. The Bertz CT molecular complexity index is 3760. The lowest BCUT2D eigenvalue weighted by Gasteiger charge is -2.32. The maximum atomic E-state index is 15.6. The van der Waals surface area contributed by atoms with Gasteiger partial charge >= 0.3 is 18.0 Å². The number of fused-ring (bicyclic) bond motifs is 5. The van der Waals surface area contributed by atoms with E-state index in [0.29, 0.717) is 74.3 Å². The van der Waals surface area contributed by atoms with Crippen molar-refractivity contribution in [3.63, 3.8) is 0 Å². The maximum Gasteiger partial charge on any atom is 0.410 e. The summed E-state index contributed by atoms with van der Waals surface area (Å²) in [5, 5.41) is 27.5. The molecular weight excluding hydrogens is 1200 g/mol. The third-order valence-electron chi connectivity index (χ3n) is 16.3. The summed E-state index contributed by atoms with van der Waals surface area (Å²) in [7, 11) is 0. The van der Waals surface area contributed by atoms with E-state index >= 15 is 4.39 Å². The van der Waals surface area contributed by atoms with E-state index in [0.717, 1.165) is 29.9 Å². The standard InChI is InChI=1S/C64H75FN10O17/c1-9-64(88)39-23-44-55-37(28-74(44)59(85)38(39)31-89-60(64)86)54-41(18-17-36-33(2)40(65)24-42(71-55)53(36)54)72-58(84)46(22-35-15-16-35)90-32-69-48(77)26-67-56(82)43(21-34-13-11-10-12-14-34)70-49(78)27-66-47(76)25-68-57(83)45(75-50(79)19-20-51(75)80)29-73(61(87)92-63(6,7)8)30-52(81)91-62(3,4)5/h10-14,19-20,23-24,35,41,43,45-46,88H,9,15-18,21-22,25-32H2,1-8H3,(H,66,76)(H,67,82)(H,68,83)(H,69,77)(H,70,78)(H,72,84)/t41-,43+,45+,46-,64+/m1/s1. The fraction of sp³-hybridized carbons (Fsp3) is 0.484. The number of carbonyl (C=O) groups excluding carboxylic acids is 11. The lowest BCUT2D eigenvalue weighted by atomic mass is 9.81. The Balaban J connectivity index is 0.807. The van der Waals surface area contributed by atoms with Crippen LogP contribution in [0.5, 0.6) is 0 Å². The van der Waals surface area contributed by atoms with E-state index in [4.69, 9.17) is 23.9 Å². The number of esters is 2. The first-order chi connectivity index (χ1) is 43.4. The number of nitrogens with one attached hydrogen (secondary N) is 6. The summed E-state index contributed by atoms with van der Waals surface area (Å²) in [6.45, 7) is 8.33. The Labute approximate surface area is 527 Å². The first-order valence-electron chi connectivity index (χ1n) is 30.3. The number of halogens is 1. The second kappa shape index (κ2) is 27.2. The fourth-order valence-corrected chi connectivity index (χ4v) is 11.5. The lowest BCUT2D eigenvalue weighted by Crippen LogP contribution is -2.57. The molecule has 0 unspecified atom stereocenters. The minimum Gasteiger partial charge on any atom is -0.459 e. The molecule has 0 spiro atoms. The highest BCUT2D eigenvalue weighted by atomic mass is 19.1. The second-order valence-electron chi connectivity index (χ2n) is 25.4. The van der Waals surface area contributed by atoms with E-state index < -0.39 is 157 Å². The van der Waals surface area contributed by atoms with Crippen LogP contribution in [-0.2, 0) is 98.5 Å². The average molecular weight is 1280 g/mol. The number of amides is 9. The van der Waals surface area contributed by atoms with Crippen molar-refractivity contribution in [2.24, 2.45) is 5.92 Å². The lowest BCUT2D eigenvalue weighted by molar-refractivity contribution is -0.172. The number of benzene rings is 2. The van der Waals surface area contributed by atoms with Crippen LogP contribution >= 0.6 is 0 Å². The van der Waals surface area contributed by atoms with Gasteiger partial charge in [0.1, 0.15) is 55.1 Å². The Morgan fingerprint density at radius 3 is 2.12 bits per heavy atom. The van der Waals surface area contributed by atoms with Gasteiger partial charge in [0.2, 0.25) is 35.4 Å². The number of ether oxygens (including phenoxy) is 4. The molecule has 27 nitrogen and oxygen atoms in total. The molecule has 0 saturated heterocycles. The highest BCUT2D eigenvalue weighted by molar-refractivity contribution is 6.15. The fourth-order valence-electron chi connectivity index (χ4n) is 11.5. The van der Waals surface area contributed by atoms with Crippen molar-refractivity contribution >= 4 is 76.2 Å². The molecule has 2 aliphatic carbocycles. The van der Waals surface area contributed by atoms with Gasteiger partial charge in [0.05, 0.1) is 61.2 Å². The third kappa shape index (κ3) is 15.3.